The summed E-state index contributed by atoms with van der Waals surface area (Å²) in [4.78, 5) is 15.1. The van der Waals surface area contributed by atoms with Gasteiger partial charge in [-0.25, -0.2) is 4.79 Å². The maximum atomic E-state index is 11.0. The molecule has 2 rings (SSSR count). The van der Waals surface area contributed by atoms with Crippen molar-refractivity contribution in [2.75, 3.05) is 0 Å². The number of carbonyl (C=O) groups is 1. The molecule has 0 fully saturated rings. The Balaban J connectivity index is 2.39. The molecule has 0 aromatic heterocycles. The molecule has 4 heteroatoms. The van der Waals surface area contributed by atoms with Crippen LogP contribution >= 0.6 is 0 Å². The van der Waals surface area contributed by atoms with Crippen LogP contribution < -0.4 is 5.32 Å². The van der Waals surface area contributed by atoms with E-state index in [0.717, 1.165) is 0 Å². The van der Waals surface area contributed by atoms with Crippen molar-refractivity contribution in [3.05, 3.63) is 47.7 Å². The predicted octanol–water partition coefficient (Wildman–Crippen LogP) is 1.57. The van der Waals surface area contributed by atoms with Gasteiger partial charge in [0.1, 0.15) is 6.17 Å². The normalized spacial score (nSPS) is 18.5. The molecule has 4 nitrogen and oxygen atoms in total. The first-order chi connectivity index (χ1) is 7.29. The fourth-order valence-electron chi connectivity index (χ4n) is 1.47. The van der Waals surface area contributed by atoms with E-state index in [2.05, 4.69) is 10.3 Å². The van der Waals surface area contributed by atoms with Crippen LogP contribution in [-0.2, 0) is 0 Å². The number of carboxylic acids is 1. The van der Waals surface area contributed by atoms with Crippen molar-refractivity contribution in [1.82, 2.24) is 5.32 Å². The molecule has 0 spiro atoms. The van der Waals surface area contributed by atoms with Crippen LogP contribution in [0.2, 0.25) is 0 Å². The lowest BCUT2D eigenvalue weighted by Crippen LogP contribution is -2.18. The van der Waals surface area contributed by atoms with Crippen molar-refractivity contribution < 1.29 is 9.90 Å². The van der Waals surface area contributed by atoms with E-state index >= 15 is 0 Å². The molecule has 0 saturated heterocycles. The zero-order chi connectivity index (χ0) is 10.7. The molecule has 1 heterocycles. The number of aromatic carboxylic acids is 1. The molecule has 1 aliphatic heterocycles. The number of benzene rings is 1. The minimum atomic E-state index is -0.933. The molecular weight excluding hydrogens is 192 g/mol. The van der Waals surface area contributed by atoms with Crippen LogP contribution in [0.4, 0.5) is 0 Å². The van der Waals surface area contributed by atoms with E-state index in [4.69, 9.17) is 5.11 Å². The number of aliphatic imine (C=N–C) groups is 1. The molecular formula is C11H10N2O2. The zero-order valence-corrected chi connectivity index (χ0v) is 7.92. The zero-order valence-electron chi connectivity index (χ0n) is 7.92. The molecule has 0 aliphatic carbocycles. The first-order valence-electron chi connectivity index (χ1n) is 4.55. The molecule has 0 amide bonds. The summed E-state index contributed by atoms with van der Waals surface area (Å²) in [6.45, 7) is 0. The maximum Gasteiger partial charge on any atom is 0.336 e. The SMILES string of the molecule is O=C(O)c1ccccc1C1N=CC=CN1. The number of hydrogen-bond acceptors (Lipinski definition) is 3. The lowest BCUT2D eigenvalue weighted by molar-refractivity contribution is 0.0695. The van der Waals surface area contributed by atoms with E-state index in [1.54, 1.807) is 42.8 Å². The summed E-state index contributed by atoms with van der Waals surface area (Å²) in [5, 5.41) is 12.0. The van der Waals surface area contributed by atoms with Crippen LogP contribution in [0.1, 0.15) is 22.1 Å². The Morgan fingerprint density at radius 1 is 1.40 bits per heavy atom. The molecule has 1 atom stereocenters. The highest BCUT2D eigenvalue weighted by Crippen LogP contribution is 2.20. The number of allylic oxidation sites excluding steroid dienone is 1. The Labute approximate surface area is 87.0 Å². The smallest absolute Gasteiger partial charge is 0.336 e. The number of rotatable bonds is 2. The fourth-order valence-corrected chi connectivity index (χ4v) is 1.47. The summed E-state index contributed by atoms with van der Waals surface area (Å²) >= 11 is 0. The standard InChI is InChI=1S/C11H10N2O2/c14-11(15)9-5-2-1-4-8(9)10-12-6-3-7-13-10/h1-7,10,12H,(H,14,15). The van der Waals surface area contributed by atoms with Crippen LogP contribution in [-0.4, -0.2) is 17.3 Å². The molecule has 1 aromatic carbocycles. The Bertz CT molecular complexity index is 438. The van der Waals surface area contributed by atoms with E-state index < -0.39 is 5.97 Å². The fraction of sp³-hybridized carbons (Fsp3) is 0.0909. The second-order valence-electron chi connectivity index (χ2n) is 3.12. The first-order valence-corrected chi connectivity index (χ1v) is 4.55. The van der Waals surface area contributed by atoms with Gasteiger partial charge in [0.15, 0.2) is 0 Å². The maximum absolute atomic E-state index is 11.0. The lowest BCUT2D eigenvalue weighted by Gasteiger charge is -2.17. The average Bonchev–Trinajstić information content (AvgIpc) is 2.30. The largest absolute Gasteiger partial charge is 0.478 e. The number of hydrogen-bond donors (Lipinski definition) is 2. The number of carboxylic acid groups (broad SMARTS) is 1. The average molecular weight is 202 g/mol. The van der Waals surface area contributed by atoms with Crippen molar-refractivity contribution in [2.45, 2.75) is 6.17 Å². The van der Waals surface area contributed by atoms with Gasteiger partial charge in [0.05, 0.1) is 5.56 Å². The summed E-state index contributed by atoms with van der Waals surface area (Å²) in [5.74, 6) is -0.933. The second-order valence-corrected chi connectivity index (χ2v) is 3.12. The van der Waals surface area contributed by atoms with Gasteiger partial charge >= 0.3 is 5.97 Å². The number of nitrogens with zero attached hydrogens (tertiary/aromatic N) is 1. The molecule has 1 aromatic rings. The van der Waals surface area contributed by atoms with Gasteiger partial charge in [-0.05, 0) is 18.3 Å². The molecule has 0 saturated carbocycles. The van der Waals surface area contributed by atoms with Crippen LogP contribution in [0.5, 0.6) is 0 Å². The van der Waals surface area contributed by atoms with Gasteiger partial charge in [-0.3, -0.25) is 4.99 Å². The molecule has 2 N–H and O–H groups in total. The minimum Gasteiger partial charge on any atom is -0.478 e. The van der Waals surface area contributed by atoms with Gasteiger partial charge in [-0.15, -0.1) is 0 Å². The van der Waals surface area contributed by atoms with E-state index in [0.29, 0.717) is 5.56 Å². The van der Waals surface area contributed by atoms with Gasteiger partial charge in [-0.2, -0.15) is 0 Å². The quantitative estimate of drug-likeness (QED) is 0.765. The molecule has 0 radical (unpaired) electrons. The van der Waals surface area contributed by atoms with Gasteiger partial charge in [0, 0.05) is 11.8 Å². The van der Waals surface area contributed by atoms with E-state index in [1.807, 2.05) is 0 Å². The number of nitrogens with one attached hydrogen (secondary N) is 1. The first kappa shape index (κ1) is 9.45. The van der Waals surface area contributed by atoms with Crippen molar-refractivity contribution in [3.8, 4) is 0 Å². The highest BCUT2D eigenvalue weighted by molar-refractivity contribution is 5.89. The van der Waals surface area contributed by atoms with Crippen molar-refractivity contribution >= 4 is 12.2 Å². The summed E-state index contributed by atoms with van der Waals surface area (Å²) < 4.78 is 0. The van der Waals surface area contributed by atoms with Gasteiger partial charge in [0.25, 0.3) is 0 Å². The van der Waals surface area contributed by atoms with Gasteiger partial charge in [-0.1, -0.05) is 18.2 Å². The summed E-state index contributed by atoms with van der Waals surface area (Å²) in [5.41, 5.74) is 0.952. The Hall–Kier alpha value is -2.10. The lowest BCUT2D eigenvalue weighted by atomic mass is 10.1. The monoisotopic (exact) mass is 202 g/mol. The predicted molar refractivity (Wildman–Crippen MR) is 56.9 cm³/mol. The van der Waals surface area contributed by atoms with Crippen molar-refractivity contribution in [1.29, 1.82) is 0 Å². The van der Waals surface area contributed by atoms with E-state index in [9.17, 15) is 4.79 Å². The minimum absolute atomic E-state index is 0.280. The highest BCUT2D eigenvalue weighted by atomic mass is 16.4. The summed E-state index contributed by atoms with van der Waals surface area (Å²) in [6, 6.07) is 6.84. The molecule has 15 heavy (non-hydrogen) atoms. The summed E-state index contributed by atoms with van der Waals surface area (Å²) in [6.07, 6.45) is 4.86. The third kappa shape index (κ3) is 1.88. The topological polar surface area (TPSA) is 61.7 Å². The van der Waals surface area contributed by atoms with E-state index in [-0.39, 0.29) is 11.7 Å². The highest BCUT2D eigenvalue weighted by Gasteiger charge is 2.16. The second kappa shape index (κ2) is 3.96. The third-order valence-corrected chi connectivity index (χ3v) is 2.16. The van der Waals surface area contributed by atoms with Gasteiger partial charge in [0.2, 0.25) is 0 Å². The Morgan fingerprint density at radius 2 is 2.20 bits per heavy atom. The van der Waals surface area contributed by atoms with Crippen molar-refractivity contribution in [3.63, 3.8) is 0 Å². The van der Waals surface area contributed by atoms with E-state index in [1.165, 1.54) is 0 Å². The van der Waals surface area contributed by atoms with Gasteiger partial charge < -0.3 is 10.4 Å². The van der Waals surface area contributed by atoms with Crippen molar-refractivity contribution in [2.24, 2.45) is 4.99 Å². The summed E-state index contributed by atoms with van der Waals surface area (Å²) in [7, 11) is 0. The molecule has 0 bridgehead atoms. The Kier molecular flexibility index (Phi) is 2.49. The Morgan fingerprint density at radius 3 is 2.87 bits per heavy atom. The third-order valence-electron chi connectivity index (χ3n) is 2.16. The van der Waals surface area contributed by atoms with Crippen LogP contribution in [0, 0.1) is 0 Å². The van der Waals surface area contributed by atoms with Crippen LogP contribution in [0.25, 0.3) is 0 Å². The molecule has 1 unspecified atom stereocenters. The molecule has 1 aliphatic rings. The molecule has 76 valence electrons. The van der Waals surface area contributed by atoms with Crippen LogP contribution in [0.15, 0.2) is 41.5 Å². The van der Waals surface area contributed by atoms with Crippen LogP contribution in [0.3, 0.4) is 0 Å².